The molecule has 3 nitrogen and oxygen atoms in total. The van der Waals surface area contributed by atoms with Crippen LogP contribution in [-0.4, -0.2) is 16.1 Å². The van der Waals surface area contributed by atoms with Crippen LogP contribution in [-0.2, 0) is 13.0 Å². The molecule has 1 aromatic heterocycles. The Kier molecular flexibility index (Phi) is 2.67. The van der Waals surface area contributed by atoms with Crippen molar-refractivity contribution in [2.24, 2.45) is 0 Å². The molecule has 1 fully saturated rings. The van der Waals surface area contributed by atoms with Gasteiger partial charge in [-0.25, -0.2) is 9.37 Å². The fourth-order valence-electron chi connectivity index (χ4n) is 3.10. The summed E-state index contributed by atoms with van der Waals surface area (Å²) in [5.41, 5.74) is 3.97. The predicted molar refractivity (Wildman–Crippen MR) is 75.6 cm³/mol. The van der Waals surface area contributed by atoms with Crippen LogP contribution in [0.3, 0.4) is 0 Å². The summed E-state index contributed by atoms with van der Waals surface area (Å²) in [6, 6.07) is 5.30. The van der Waals surface area contributed by atoms with Gasteiger partial charge in [0.15, 0.2) is 0 Å². The van der Waals surface area contributed by atoms with E-state index in [4.69, 9.17) is 4.98 Å². The lowest BCUT2D eigenvalue weighted by atomic mass is 10.1. The van der Waals surface area contributed by atoms with Crippen molar-refractivity contribution in [1.29, 1.82) is 0 Å². The van der Waals surface area contributed by atoms with Crippen LogP contribution in [0.4, 0.5) is 4.39 Å². The number of aromatic nitrogens is 2. The van der Waals surface area contributed by atoms with Gasteiger partial charge in [0.2, 0.25) is 0 Å². The van der Waals surface area contributed by atoms with Gasteiger partial charge in [-0.05, 0) is 31.4 Å². The van der Waals surface area contributed by atoms with Crippen LogP contribution in [0.5, 0.6) is 0 Å². The van der Waals surface area contributed by atoms with Crippen molar-refractivity contribution < 1.29 is 4.39 Å². The molecule has 2 heterocycles. The lowest BCUT2D eigenvalue weighted by molar-refractivity contribution is 0.596. The zero-order chi connectivity index (χ0) is 13.7. The molecule has 2 aliphatic rings. The number of nitrogens with one attached hydrogen (secondary N) is 1. The van der Waals surface area contributed by atoms with E-state index in [2.05, 4.69) is 9.88 Å². The lowest BCUT2D eigenvalue weighted by Gasteiger charge is -2.18. The minimum atomic E-state index is -0.148. The summed E-state index contributed by atoms with van der Waals surface area (Å²) in [6.45, 7) is 3.72. The minimum Gasteiger partial charge on any atom is -0.311 e. The smallest absolute Gasteiger partial charge is 0.147 e. The summed E-state index contributed by atoms with van der Waals surface area (Å²) in [5.74, 6) is 1.43. The highest BCUT2D eigenvalue weighted by Crippen LogP contribution is 2.42. The van der Waals surface area contributed by atoms with Gasteiger partial charge >= 0.3 is 0 Å². The molecule has 20 heavy (non-hydrogen) atoms. The van der Waals surface area contributed by atoms with Crippen molar-refractivity contribution >= 4 is 0 Å². The average Bonchev–Trinajstić information content (AvgIpc) is 3.21. The number of fused-ring (bicyclic) bond motifs is 1. The van der Waals surface area contributed by atoms with E-state index in [0.29, 0.717) is 11.6 Å². The van der Waals surface area contributed by atoms with Crippen LogP contribution in [0.2, 0.25) is 0 Å². The first-order valence-electron chi connectivity index (χ1n) is 7.32. The Labute approximate surface area is 117 Å². The monoisotopic (exact) mass is 271 g/mol. The third-order valence-electron chi connectivity index (χ3n) is 4.27. The Balaban J connectivity index is 1.98. The topological polar surface area (TPSA) is 29.9 Å². The predicted octanol–water partition coefficient (Wildman–Crippen LogP) is 2.84. The summed E-state index contributed by atoms with van der Waals surface area (Å²) in [5, 5.41) is 3.35. The molecule has 1 N–H and O–H groups in total. The van der Waals surface area contributed by atoms with Gasteiger partial charge in [0.25, 0.3) is 0 Å². The minimum absolute atomic E-state index is 0.148. The molecule has 0 unspecified atom stereocenters. The second-order valence-electron chi connectivity index (χ2n) is 5.81. The van der Waals surface area contributed by atoms with Crippen molar-refractivity contribution in [2.45, 2.75) is 38.6 Å². The molecular weight excluding hydrogens is 253 g/mol. The highest BCUT2D eigenvalue weighted by molar-refractivity contribution is 5.46. The van der Waals surface area contributed by atoms with Crippen LogP contribution in [0.25, 0.3) is 5.69 Å². The van der Waals surface area contributed by atoms with E-state index in [0.717, 1.165) is 36.6 Å². The normalized spacial score (nSPS) is 18.1. The number of hydrogen-bond acceptors (Lipinski definition) is 2. The van der Waals surface area contributed by atoms with Gasteiger partial charge in [-0.2, -0.15) is 0 Å². The zero-order valence-electron chi connectivity index (χ0n) is 11.6. The van der Waals surface area contributed by atoms with E-state index in [1.807, 2.05) is 13.0 Å². The number of imidazole rings is 1. The van der Waals surface area contributed by atoms with Gasteiger partial charge in [-0.3, -0.25) is 4.57 Å². The van der Waals surface area contributed by atoms with Crippen molar-refractivity contribution in [2.75, 3.05) is 6.54 Å². The molecule has 0 spiro atoms. The van der Waals surface area contributed by atoms with Gasteiger partial charge < -0.3 is 5.32 Å². The van der Waals surface area contributed by atoms with Crippen LogP contribution in [0.15, 0.2) is 18.2 Å². The molecule has 0 bridgehead atoms. The van der Waals surface area contributed by atoms with E-state index in [1.54, 1.807) is 12.1 Å². The molecule has 2 aromatic rings. The Morgan fingerprint density at radius 1 is 1.35 bits per heavy atom. The summed E-state index contributed by atoms with van der Waals surface area (Å²) < 4.78 is 16.5. The molecule has 0 saturated heterocycles. The highest BCUT2D eigenvalue weighted by Gasteiger charge is 2.33. The highest BCUT2D eigenvalue weighted by atomic mass is 19.1. The number of nitrogens with zero attached hydrogens (tertiary/aromatic N) is 2. The van der Waals surface area contributed by atoms with Crippen LogP contribution in [0.1, 0.15) is 41.5 Å². The first-order valence-corrected chi connectivity index (χ1v) is 7.32. The van der Waals surface area contributed by atoms with Gasteiger partial charge in [-0.15, -0.1) is 0 Å². The third-order valence-corrected chi connectivity index (χ3v) is 4.27. The number of benzene rings is 1. The maximum Gasteiger partial charge on any atom is 0.147 e. The maximum absolute atomic E-state index is 14.4. The van der Waals surface area contributed by atoms with Crippen LogP contribution >= 0.6 is 0 Å². The Hall–Kier alpha value is -1.68. The van der Waals surface area contributed by atoms with Crippen LogP contribution in [0, 0.1) is 12.7 Å². The molecular formula is C16H18FN3. The van der Waals surface area contributed by atoms with Crippen molar-refractivity contribution in [1.82, 2.24) is 14.9 Å². The first-order chi connectivity index (χ1) is 9.75. The summed E-state index contributed by atoms with van der Waals surface area (Å²) in [7, 11) is 0. The standard InChI is InChI=1S/C16H18FN3/c1-10-3-2-4-12(17)15(10)20-14-7-8-18-9-13(14)19-16(20)11-5-6-11/h2-4,11,18H,5-9H2,1H3. The number of hydrogen-bond donors (Lipinski definition) is 1. The third kappa shape index (κ3) is 1.79. The first kappa shape index (κ1) is 12.1. The molecule has 1 aliphatic carbocycles. The van der Waals surface area contributed by atoms with Gasteiger partial charge in [0.05, 0.1) is 11.4 Å². The SMILES string of the molecule is Cc1cccc(F)c1-n1c(C2CC2)nc2c1CCNC2. The van der Waals surface area contributed by atoms with E-state index >= 15 is 0 Å². The van der Waals surface area contributed by atoms with Crippen molar-refractivity contribution in [3.05, 3.63) is 46.8 Å². The molecule has 1 aromatic carbocycles. The number of aryl methyl sites for hydroxylation is 1. The van der Waals surface area contributed by atoms with E-state index in [9.17, 15) is 4.39 Å². The summed E-state index contributed by atoms with van der Waals surface area (Å²) in [6.07, 6.45) is 3.27. The molecule has 4 heteroatoms. The number of para-hydroxylation sites is 1. The van der Waals surface area contributed by atoms with Crippen molar-refractivity contribution in [3.63, 3.8) is 0 Å². The Morgan fingerprint density at radius 2 is 2.20 bits per heavy atom. The Morgan fingerprint density at radius 3 is 2.95 bits per heavy atom. The second kappa shape index (κ2) is 4.42. The summed E-state index contributed by atoms with van der Waals surface area (Å²) >= 11 is 0. The molecule has 1 aliphatic heterocycles. The molecule has 4 rings (SSSR count). The molecule has 1 saturated carbocycles. The van der Waals surface area contributed by atoms with Gasteiger partial charge in [0, 0.05) is 31.1 Å². The number of halogens is 1. The molecule has 0 radical (unpaired) electrons. The van der Waals surface area contributed by atoms with E-state index < -0.39 is 0 Å². The maximum atomic E-state index is 14.4. The fraction of sp³-hybridized carbons (Fsp3) is 0.438. The average molecular weight is 271 g/mol. The quantitative estimate of drug-likeness (QED) is 0.910. The van der Waals surface area contributed by atoms with Gasteiger partial charge in [-0.1, -0.05) is 12.1 Å². The lowest BCUT2D eigenvalue weighted by Crippen LogP contribution is -2.25. The summed E-state index contributed by atoms with van der Waals surface area (Å²) in [4.78, 5) is 4.81. The number of rotatable bonds is 2. The largest absolute Gasteiger partial charge is 0.311 e. The van der Waals surface area contributed by atoms with Gasteiger partial charge in [0.1, 0.15) is 11.6 Å². The van der Waals surface area contributed by atoms with Crippen molar-refractivity contribution in [3.8, 4) is 5.69 Å². The second-order valence-corrected chi connectivity index (χ2v) is 5.81. The van der Waals surface area contributed by atoms with E-state index in [-0.39, 0.29) is 5.82 Å². The zero-order valence-corrected chi connectivity index (χ0v) is 11.6. The molecule has 104 valence electrons. The molecule has 0 amide bonds. The Bertz CT molecular complexity index is 650. The van der Waals surface area contributed by atoms with E-state index in [1.165, 1.54) is 18.5 Å². The van der Waals surface area contributed by atoms with Crippen LogP contribution < -0.4 is 5.32 Å². The fourth-order valence-corrected chi connectivity index (χ4v) is 3.10. The molecule has 0 atom stereocenters.